The molecule has 0 fully saturated rings. The van der Waals surface area contributed by atoms with Gasteiger partial charge in [0, 0.05) is 40.9 Å². The van der Waals surface area contributed by atoms with E-state index < -0.39 is 0 Å². The van der Waals surface area contributed by atoms with Crippen LogP contribution in [0.25, 0.3) is 0 Å². The molecule has 0 atom stereocenters. The fraction of sp³-hybridized carbons (Fsp3) is 0. The zero-order valence-electron chi connectivity index (χ0n) is 12.6. The first-order valence-electron chi connectivity index (χ1n) is 7.00. The number of Topliss-reactive ketones (excluding diaryl/α,β-unsaturated/α-hetero) is 1. The third kappa shape index (κ3) is 5.00. The maximum Gasteiger partial charge on any atom is 0.215 e. The SMILES string of the molecule is O=C(C(=NO)c1ccncc1)c1ccc(Cl)cc1.c1ccncc1. The second-order valence-corrected chi connectivity index (χ2v) is 4.98. The Morgan fingerprint density at radius 2 is 1.42 bits per heavy atom. The normalized spacial score (nSPS) is 10.5. The van der Waals surface area contributed by atoms with Gasteiger partial charge in [0.25, 0.3) is 0 Å². The van der Waals surface area contributed by atoms with Crippen LogP contribution in [0.15, 0.2) is 84.5 Å². The molecule has 0 unspecified atom stereocenters. The number of ketones is 1. The van der Waals surface area contributed by atoms with Crippen LogP contribution in [0.4, 0.5) is 0 Å². The number of benzene rings is 1. The molecule has 120 valence electrons. The molecule has 0 radical (unpaired) electrons. The monoisotopic (exact) mass is 339 g/mol. The molecule has 6 heteroatoms. The van der Waals surface area contributed by atoms with Gasteiger partial charge in [0.15, 0.2) is 5.71 Å². The van der Waals surface area contributed by atoms with E-state index in [1.54, 1.807) is 48.8 Å². The van der Waals surface area contributed by atoms with Crippen molar-refractivity contribution in [2.24, 2.45) is 5.16 Å². The smallest absolute Gasteiger partial charge is 0.215 e. The van der Waals surface area contributed by atoms with E-state index in [4.69, 9.17) is 16.8 Å². The van der Waals surface area contributed by atoms with Crippen LogP contribution in [0.3, 0.4) is 0 Å². The van der Waals surface area contributed by atoms with Gasteiger partial charge in [0.05, 0.1) is 0 Å². The Morgan fingerprint density at radius 3 is 1.88 bits per heavy atom. The van der Waals surface area contributed by atoms with Gasteiger partial charge in [-0.1, -0.05) is 22.8 Å². The Bertz CT molecular complexity index is 765. The van der Waals surface area contributed by atoms with Crippen molar-refractivity contribution in [1.82, 2.24) is 9.97 Å². The van der Waals surface area contributed by atoms with Crippen LogP contribution in [0.2, 0.25) is 5.02 Å². The number of aromatic nitrogens is 2. The molecule has 5 nitrogen and oxygen atoms in total. The van der Waals surface area contributed by atoms with Crippen LogP contribution in [-0.4, -0.2) is 26.7 Å². The molecule has 0 aliphatic rings. The van der Waals surface area contributed by atoms with Gasteiger partial charge in [-0.15, -0.1) is 0 Å². The van der Waals surface area contributed by atoms with E-state index in [2.05, 4.69) is 15.1 Å². The quantitative estimate of drug-likeness (QED) is 0.340. The van der Waals surface area contributed by atoms with Crippen LogP contribution in [0.1, 0.15) is 15.9 Å². The number of hydrogen-bond acceptors (Lipinski definition) is 5. The summed E-state index contributed by atoms with van der Waals surface area (Å²) in [6, 6.07) is 15.3. The lowest BCUT2D eigenvalue weighted by Crippen LogP contribution is -2.15. The van der Waals surface area contributed by atoms with Crippen molar-refractivity contribution in [1.29, 1.82) is 0 Å². The molecule has 0 bridgehead atoms. The Morgan fingerprint density at radius 1 is 0.833 bits per heavy atom. The molecule has 0 saturated carbocycles. The first kappa shape index (κ1) is 17.3. The summed E-state index contributed by atoms with van der Waals surface area (Å²) in [6.45, 7) is 0. The third-order valence-corrected chi connectivity index (χ3v) is 3.19. The van der Waals surface area contributed by atoms with Gasteiger partial charge in [-0.3, -0.25) is 14.8 Å². The molecule has 1 aromatic carbocycles. The molecular weight excluding hydrogens is 326 g/mol. The number of nitrogens with zero attached hydrogens (tertiary/aromatic N) is 3. The summed E-state index contributed by atoms with van der Waals surface area (Å²) in [7, 11) is 0. The minimum absolute atomic E-state index is 0.0280. The van der Waals surface area contributed by atoms with E-state index in [0.717, 1.165) is 0 Å². The molecule has 0 aliphatic carbocycles. The summed E-state index contributed by atoms with van der Waals surface area (Å²) >= 11 is 5.75. The average Bonchev–Trinajstić information content (AvgIpc) is 2.66. The number of hydrogen-bond donors (Lipinski definition) is 1. The van der Waals surface area contributed by atoms with Gasteiger partial charge in [0.1, 0.15) is 0 Å². The standard InChI is InChI=1S/C13H9ClN2O2.C5H5N/c14-11-3-1-10(2-4-11)13(17)12(16-18)9-5-7-15-8-6-9;1-2-4-6-5-3-1/h1-8,18H;1-5H. The number of carbonyl (C=O) groups is 1. The van der Waals surface area contributed by atoms with E-state index in [0.29, 0.717) is 16.1 Å². The van der Waals surface area contributed by atoms with Crippen molar-refractivity contribution in [2.45, 2.75) is 0 Å². The summed E-state index contributed by atoms with van der Waals surface area (Å²) < 4.78 is 0. The predicted octanol–water partition coefficient (Wildman–Crippen LogP) is 3.88. The predicted molar refractivity (Wildman–Crippen MR) is 92.6 cm³/mol. The molecule has 0 aliphatic heterocycles. The highest BCUT2D eigenvalue weighted by Gasteiger charge is 2.16. The van der Waals surface area contributed by atoms with E-state index >= 15 is 0 Å². The molecular formula is C18H14ClN3O2. The maximum atomic E-state index is 12.1. The van der Waals surface area contributed by atoms with Crippen LogP contribution in [0, 0.1) is 0 Å². The third-order valence-electron chi connectivity index (χ3n) is 2.94. The topological polar surface area (TPSA) is 75.4 Å². The number of halogens is 1. The van der Waals surface area contributed by atoms with Gasteiger partial charge in [-0.25, -0.2) is 0 Å². The zero-order chi connectivity index (χ0) is 17.2. The lowest BCUT2D eigenvalue weighted by molar-refractivity contribution is 0.106. The van der Waals surface area contributed by atoms with Crippen LogP contribution in [-0.2, 0) is 0 Å². The highest BCUT2D eigenvalue weighted by molar-refractivity contribution is 6.51. The van der Waals surface area contributed by atoms with E-state index in [-0.39, 0.29) is 11.5 Å². The number of pyridine rings is 2. The summed E-state index contributed by atoms with van der Waals surface area (Å²) in [4.78, 5) is 19.8. The van der Waals surface area contributed by atoms with Crippen LogP contribution >= 0.6 is 11.6 Å². The highest BCUT2D eigenvalue weighted by Crippen LogP contribution is 2.12. The number of oxime groups is 1. The lowest BCUT2D eigenvalue weighted by Gasteiger charge is -2.03. The van der Waals surface area contributed by atoms with Crippen LogP contribution < -0.4 is 0 Å². The highest BCUT2D eigenvalue weighted by atomic mass is 35.5. The average molecular weight is 340 g/mol. The van der Waals surface area contributed by atoms with Gasteiger partial charge in [-0.2, -0.15) is 0 Å². The van der Waals surface area contributed by atoms with Crippen LogP contribution in [0.5, 0.6) is 0 Å². The molecule has 3 rings (SSSR count). The summed E-state index contributed by atoms with van der Waals surface area (Å²) in [5, 5.41) is 12.6. The fourth-order valence-corrected chi connectivity index (χ4v) is 1.92. The first-order chi connectivity index (χ1) is 11.7. The van der Waals surface area contributed by atoms with Crippen molar-refractivity contribution in [2.75, 3.05) is 0 Å². The van der Waals surface area contributed by atoms with E-state index in [1.807, 2.05) is 18.2 Å². The van der Waals surface area contributed by atoms with Crippen molar-refractivity contribution in [3.63, 3.8) is 0 Å². The zero-order valence-corrected chi connectivity index (χ0v) is 13.3. The molecule has 2 heterocycles. The van der Waals surface area contributed by atoms with Gasteiger partial charge in [-0.05, 0) is 48.5 Å². The maximum absolute atomic E-state index is 12.1. The van der Waals surface area contributed by atoms with E-state index in [1.165, 1.54) is 12.4 Å². The molecule has 24 heavy (non-hydrogen) atoms. The summed E-state index contributed by atoms with van der Waals surface area (Å²) in [6.07, 6.45) is 6.55. The van der Waals surface area contributed by atoms with Crippen molar-refractivity contribution < 1.29 is 10.0 Å². The number of carbonyl (C=O) groups excluding carboxylic acids is 1. The van der Waals surface area contributed by atoms with Gasteiger partial charge in [0.2, 0.25) is 5.78 Å². The van der Waals surface area contributed by atoms with E-state index in [9.17, 15) is 4.79 Å². The minimum Gasteiger partial charge on any atom is -0.410 e. The molecule has 1 N–H and O–H groups in total. The second kappa shape index (κ2) is 9.17. The summed E-state index contributed by atoms with van der Waals surface area (Å²) in [5.41, 5.74) is 0.885. The Hall–Kier alpha value is -3.05. The van der Waals surface area contributed by atoms with Gasteiger partial charge < -0.3 is 5.21 Å². The van der Waals surface area contributed by atoms with Crippen molar-refractivity contribution in [3.05, 3.63) is 95.5 Å². The minimum atomic E-state index is -0.375. The molecule has 0 spiro atoms. The van der Waals surface area contributed by atoms with Crippen molar-refractivity contribution >= 4 is 23.1 Å². The molecule has 3 aromatic rings. The fourth-order valence-electron chi connectivity index (χ4n) is 1.79. The lowest BCUT2D eigenvalue weighted by atomic mass is 10.0. The Labute approximate surface area is 144 Å². The second-order valence-electron chi connectivity index (χ2n) is 4.55. The first-order valence-corrected chi connectivity index (χ1v) is 7.38. The molecule has 2 aromatic heterocycles. The Balaban J connectivity index is 0.000000292. The number of rotatable bonds is 3. The Kier molecular flexibility index (Phi) is 6.61. The largest absolute Gasteiger partial charge is 0.410 e. The van der Waals surface area contributed by atoms with Gasteiger partial charge >= 0.3 is 0 Å². The molecule has 0 amide bonds. The molecule has 0 saturated heterocycles. The van der Waals surface area contributed by atoms with Crippen molar-refractivity contribution in [3.8, 4) is 0 Å². The summed E-state index contributed by atoms with van der Waals surface area (Å²) in [5.74, 6) is -0.375.